The molecule has 2 rings (SSSR count). The third-order valence-corrected chi connectivity index (χ3v) is 3.41. The van der Waals surface area contributed by atoms with E-state index in [9.17, 15) is 0 Å². The zero-order valence-corrected chi connectivity index (χ0v) is 11.4. The highest BCUT2D eigenvalue weighted by atomic mass is 79.9. The molecule has 1 saturated heterocycles. The maximum Gasteiger partial charge on any atom is 0.169 e. The lowest BCUT2D eigenvalue weighted by Gasteiger charge is -2.31. The van der Waals surface area contributed by atoms with Gasteiger partial charge in [-0.1, -0.05) is 0 Å². The Bertz CT molecular complexity index is 334. The van der Waals surface area contributed by atoms with Crippen LogP contribution in [-0.2, 0) is 11.3 Å². The van der Waals surface area contributed by atoms with Gasteiger partial charge in [0.2, 0.25) is 0 Å². The molecule has 0 radical (unpaired) electrons. The Hall–Kier alpha value is -0.360. The molecule has 0 aromatic carbocycles. The third-order valence-electron chi connectivity index (χ3n) is 2.99. The largest absolute Gasteiger partial charge is 0.453 e. The smallest absolute Gasteiger partial charge is 0.169 e. The number of furan rings is 1. The second-order valence-corrected chi connectivity index (χ2v) is 5.06. The lowest BCUT2D eigenvalue weighted by Crippen LogP contribution is -2.36. The summed E-state index contributed by atoms with van der Waals surface area (Å²) in [7, 11) is 0. The molecule has 0 unspecified atom stereocenters. The summed E-state index contributed by atoms with van der Waals surface area (Å²) in [5, 5.41) is 8.69. The van der Waals surface area contributed by atoms with Crippen LogP contribution < -0.4 is 0 Å². The molecule has 1 aromatic rings. The number of nitrogens with zero attached hydrogens (tertiary/aromatic N) is 1. The van der Waals surface area contributed by atoms with Crippen molar-refractivity contribution in [3.63, 3.8) is 0 Å². The third kappa shape index (κ3) is 4.10. The van der Waals surface area contributed by atoms with Crippen molar-refractivity contribution >= 4 is 15.9 Å². The van der Waals surface area contributed by atoms with Crippen LogP contribution in [0.5, 0.6) is 0 Å². The normalized spacial score (nSPS) is 18.7. The van der Waals surface area contributed by atoms with Crippen LogP contribution in [0.2, 0.25) is 0 Å². The fourth-order valence-corrected chi connectivity index (χ4v) is 2.45. The Labute approximate surface area is 110 Å². The van der Waals surface area contributed by atoms with Gasteiger partial charge in [0.25, 0.3) is 0 Å². The number of hydrogen-bond donors (Lipinski definition) is 1. The first kappa shape index (κ1) is 13.1. The van der Waals surface area contributed by atoms with E-state index in [2.05, 4.69) is 20.8 Å². The molecule has 0 saturated carbocycles. The molecular weight excluding hydrogens is 286 g/mol. The number of hydrogen-bond acceptors (Lipinski definition) is 4. The van der Waals surface area contributed by atoms with E-state index in [4.69, 9.17) is 14.3 Å². The Morgan fingerprint density at radius 2 is 2.18 bits per heavy atom. The fraction of sp³-hybridized carbons (Fsp3) is 0.667. The summed E-state index contributed by atoms with van der Waals surface area (Å²) in [6.07, 6.45) is 2.37. The minimum atomic E-state index is 0.112. The molecule has 0 bridgehead atoms. The van der Waals surface area contributed by atoms with Crippen LogP contribution >= 0.6 is 15.9 Å². The predicted octanol–water partition coefficient (Wildman–Crippen LogP) is 2.02. The van der Waals surface area contributed by atoms with E-state index >= 15 is 0 Å². The summed E-state index contributed by atoms with van der Waals surface area (Å²) in [6.45, 7) is 3.47. The number of ether oxygens (including phenoxy) is 1. The maximum absolute atomic E-state index is 8.69. The number of aliphatic hydroxyl groups excluding tert-OH is 1. The highest BCUT2D eigenvalue weighted by Gasteiger charge is 2.20. The zero-order valence-electron chi connectivity index (χ0n) is 9.77. The van der Waals surface area contributed by atoms with Gasteiger partial charge in [-0.3, -0.25) is 4.90 Å². The molecule has 0 amide bonds. The van der Waals surface area contributed by atoms with Crippen molar-refractivity contribution in [2.24, 2.45) is 0 Å². The van der Waals surface area contributed by atoms with Gasteiger partial charge in [-0.25, -0.2) is 0 Å². The average molecular weight is 304 g/mol. The number of rotatable bonds is 5. The van der Waals surface area contributed by atoms with Gasteiger partial charge >= 0.3 is 0 Å². The summed E-state index contributed by atoms with van der Waals surface area (Å²) in [5.41, 5.74) is 0. The van der Waals surface area contributed by atoms with Gasteiger partial charge in [-0.15, -0.1) is 0 Å². The highest BCUT2D eigenvalue weighted by molar-refractivity contribution is 9.10. The molecule has 1 aliphatic heterocycles. The Morgan fingerprint density at radius 1 is 1.41 bits per heavy atom. The number of likely N-dealkylation sites (tertiary alicyclic amines) is 1. The van der Waals surface area contributed by atoms with Crippen LogP contribution in [0, 0.1) is 0 Å². The molecule has 0 atom stereocenters. The van der Waals surface area contributed by atoms with Crippen molar-refractivity contribution in [2.45, 2.75) is 25.5 Å². The summed E-state index contributed by atoms with van der Waals surface area (Å²) in [5.74, 6) is 0.992. The van der Waals surface area contributed by atoms with Gasteiger partial charge in [0.15, 0.2) is 4.67 Å². The number of aliphatic hydroxyl groups is 1. The molecule has 2 heterocycles. The van der Waals surface area contributed by atoms with Crippen LogP contribution in [0.15, 0.2) is 21.2 Å². The lowest BCUT2D eigenvalue weighted by molar-refractivity contribution is -0.00994. The zero-order chi connectivity index (χ0) is 12.1. The van der Waals surface area contributed by atoms with Gasteiger partial charge in [-0.2, -0.15) is 0 Å². The molecular formula is C12H18BrNO3. The summed E-state index contributed by atoms with van der Waals surface area (Å²) >= 11 is 3.31. The predicted molar refractivity (Wildman–Crippen MR) is 67.7 cm³/mol. The summed E-state index contributed by atoms with van der Waals surface area (Å²) < 4.78 is 11.8. The molecule has 1 aromatic heterocycles. The van der Waals surface area contributed by atoms with Gasteiger partial charge in [0.05, 0.1) is 25.9 Å². The van der Waals surface area contributed by atoms with Crippen molar-refractivity contribution in [3.8, 4) is 0 Å². The first-order valence-corrected chi connectivity index (χ1v) is 6.76. The van der Waals surface area contributed by atoms with E-state index in [1.807, 2.05) is 12.1 Å². The van der Waals surface area contributed by atoms with E-state index in [-0.39, 0.29) is 6.61 Å². The lowest BCUT2D eigenvalue weighted by atomic mass is 10.1. The minimum absolute atomic E-state index is 0.112. The molecule has 96 valence electrons. The van der Waals surface area contributed by atoms with Gasteiger partial charge in [0.1, 0.15) is 5.76 Å². The SMILES string of the molecule is OCCOC1CCN(Cc2ccc(Br)o2)CC1. The van der Waals surface area contributed by atoms with Crippen LogP contribution in [0.1, 0.15) is 18.6 Å². The Morgan fingerprint density at radius 3 is 2.76 bits per heavy atom. The van der Waals surface area contributed by atoms with Crippen molar-refractivity contribution in [3.05, 3.63) is 22.6 Å². The topological polar surface area (TPSA) is 45.8 Å². The van der Waals surface area contributed by atoms with Crippen LogP contribution in [0.3, 0.4) is 0 Å². The monoisotopic (exact) mass is 303 g/mol. The molecule has 0 aliphatic carbocycles. The quantitative estimate of drug-likeness (QED) is 0.904. The fourth-order valence-electron chi connectivity index (χ4n) is 2.11. The highest BCUT2D eigenvalue weighted by Crippen LogP contribution is 2.19. The van der Waals surface area contributed by atoms with E-state index in [1.165, 1.54) is 0 Å². The van der Waals surface area contributed by atoms with E-state index in [0.29, 0.717) is 12.7 Å². The summed E-state index contributed by atoms with van der Waals surface area (Å²) in [6, 6.07) is 3.92. The number of halogens is 1. The van der Waals surface area contributed by atoms with Crippen molar-refractivity contribution in [1.29, 1.82) is 0 Å². The van der Waals surface area contributed by atoms with Crippen molar-refractivity contribution in [2.75, 3.05) is 26.3 Å². The average Bonchev–Trinajstić information content (AvgIpc) is 2.74. The van der Waals surface area contributed by atoms with Crippen LogP contribution in [-0.4, -0.2) is 42.4 Å². The molecule has 0 spiro atoms. The second-order valence-electron chi connectivity index (χ2n) is 4.28. The first-order chi connectivity index (χ1) is 8.28. The van der Waals surface area contributed by atoms with Crippen LogP contribution in [0.4, 0.5) is 0 Å². The van der Waals surface area contributed by atoms with Gasteiger partial charge in [0, 0.05) is 13.1 Å². The van der Waals surface area contributed by atoms with Crippen molar-refractivity contribution in [1.82, 2.24) is 4.90 Å². The molecule has 1 N–H and O–H groups in total. The minimum Gasteiger partial charge on any atom is -0.453 e. The Kier molecular flexibility index (Phi) is 5.03. The maximum atomic E-state index is 8.69. The van der Waals surface area contributed by atoms with Gasteiger partial charge in [-0.05, 0) is 40.9 Å². The van der Waals surface area contributed by atoms with E-state index < -0.39 is 0 Å². The second kappa shape index (κ2) is 6.54. The van der Waals surface area contributed by atoms with Gasteiger partial charge < -0.3 is 14.3 Å². The molecule has 4 nitrogen and oxygen atoms in total. The Balaban J connectivity index is 1.72. The molecule has 5 heteroatoms. The van der Waals surface area contributed by atoms with Crippen molar-refractivity contribution < 1.29 is 14.3 Å². The number of piperidine rings is 1. The first-order valence-electron chi connectivity index (χ1n) is 5.97. The molecule has 1 fully saturated rings. The molecule has 17 heavy (non-hydrogen) atoms. The van der Waals surface area contributed by atoms with E-state index in [1.54, 1.807) is 0 Å². The molecule has 1 aliphatic rings. The summed E-state index contributed by atoms with van der Waals surface area (Å²) in [4.78, 5) is 2.37. The van der Waals surface area contributed by atoms with Crippen LogP contribution in [0.25, 0.3) is 0 Å². The standard InChI is InChI=1S/C12H18BrNO3/c13-12-2-1-11(17-12)9-14-5-3-10(4-6-14)16-8-7-15/h1-2,10,15H,3-9H2. The van der Waals surface area contributed by atoms with E-state index in [0.717, 1.165) is 42.9 Å².